The average molecular weight is 163 g/mol. The molecule has 1 N–H and O–H groups in total. The van der Waals surface area contributed by atoms with Crippen LogP contribution < -0.4 is 5.32 Å². The van der Waals surface area contributed by atoms with Crippen molar-refractivity contribution in [3.8, 4) is 0 Å². The van der Waals surface area contributed by atoms with E-state index >= 15 is 0 Å². The van der Waals surface area contributed by atoms with Gasteiger partial charge in [0.2, 0.25) is 0 Å². The fourth-order valence-electron chi connectivity index (χ4n) is 0.737. The first-order valence-electron chi connectivity index (χ1n) is 4.26. The normalized spacial score (nSPS) is 10.4. The SMILES string of the molecule is CCCOCCCNCCF. The third kappa shape index (κ3) is 9.85. The van der Waals surface area contributed by atoms with E-state index in [9.17, 15) is 4.39 Å². The minimum Gasteiger partial charge on any atom is -0.381 e. The van der Waals surface area contributed by atoms with Gasteiger partial charge in [0, 0.05) is 19.8 Å². The molecular weight excluding hydrogens is 145 g/mol. The molecule has 0 aromatic carbocycles. The van der Waals surface area contributed by atoms with E-state index in [0.717, 1.165) is 32.6 Å². The Morgan fingerprint density at radius 3 is 2.73 bits per heavy atom. The lowest BCUT2D eigenvalue weighted by molar-refractivity contribution is 0.132. The van der Waals surface area contributed by atoms with E-state index in [1.165, 1.54) is 0 Å². The predicted molar refractivity (Wildman–Crippen MR) is 44.6 cm³/mol. The first-order chi connectivity index (χ1) is 5.41. The molecule has 0 fully saturated rings. The highest BCUT2D eigenvalue weighted by molar-refractivity contribution is 4.45. The molecule has 0 radical (unpaired) electrons. The van der Waals surface area contributed by atoms with E-state index in [1.54, 1.807) is 0 Å². The molecule has 0 rings (SSSR count). The van der Waals surface area contributed by atoms with Gasteiger partial charge in [0.1, 0.15) is 6.67 Å². The monoisotopic (exact) mass is 163 g/mol. The zero-order valence-electron chi connectivity index (χ0n) is 7.24. The van der Waals surface area contributed by atoms with Crippen molar-refractivity contribution in [1.82, 2.24) is 5.32 Å². The quantitative estimate of drug-likeness (QED) is 0.545. The highest BCUT2D eigenvalue weighted by atomic mass is 19.1. The molecule has 11 heavy (non-hydrogen) atoms. The topological polar surface area (TPSA) is 21.3 Å². The average Bonchev–Trinajstić information content (AvgIpc) is 2.03. The van der Waals surface area contributed by atoms with Crippen LogP contribution in [0.3, 0.4) is 0 Å². The molecule has 0 aliphatic carbocycles. The summed E-state index contributed by atoms with van der Waals surface area (Å²) in [5, 5.41) is 2.96. The molecule has 0 aliphatic rings. The van der Waals surface area contributed by atoms with Gasteiger partial charge in [0.25, 0.3) is 0 Å². The van der Waals surface area contributed by atoms with Gasteiger partial charge in [-0.05, 0) is 19.4 Å². The van der Waals surface area contributed by atoms with Gasteiger partial charge >= 0.3 is 0 Å². The zero-order valence-corrected chi connectivity index (χ0v) is 7.24. The van der Waals surface area contributed by atoms with Crippen LogP contribution in [0.4, 0.5) is 4.39 Å². The Labute approximate surface area is 68.1 Å². The van der Waals surface area contributed by atoms with E-state index in [1.807, 2.05) is 0 Å². The Bertz CT molecular complexity index is 63.1. The van der Waals surface area contributed by atoms with Crippen LogP contribution in [0.15, 0.2) is 0 Å². The molecule has 0 saturated heterocycles. The molecule has 68 valence electrons. The van der Waals surface area contributed by atoms with Crippen LogP contribution in [-0.2, 0) is 4.74 Å². The van der Waals surface area contributed by atoms with E-state index in [4.69, 9.17) is 4.74 Å². The van der Waals surface area contributed by atoms with Gasteiger partial charge in [-0.15, -0.1) is 0 Å². The molecule has 2 nitrogen and oxygen atoms in total. The number of hydrogen-bond donors (Lipinski definition) is 1. The summed E-state index contributed by atoms with van der Waals surface area (Å²) in [5.74, 6) is 0. The van der Waals surface area contributed by atoms with Crippen molar-refractivity contribution in [2.75, 3.05) is 33.0 Å². The van der Waals surface area contributed by atoms with Gasteiger partial charge in [-0.3, -0.25) is 0 Å². The van der Waals surface area contributed by atoms with Crippen LogP contribution in [0.5, 0.6) is 0 Å². The Morgan fingerprint density at radius 2 is 2.09 bits per heavy atom. The first kappa shape index (κ1) is 10.8. The Balaban J connectivity index is 2.69. The lowest BCUT2D eigenvalue weighted by Crippen LogP contribution is -2.19. The second kappa shape index (κ2) is 9.85. The van der Waals surface area contributed by atoms with Crippen molar-refractivity contribution in [2.45, 2.75) is 19.8 Å². The van der Waals surface area contributed by atoms with Crippen LogP contribution in [0.2, 0.25) is 0 Å². The van der Waals surface area contributed by atoms with E-state index in [-0.39, 0.29) is 6.67 Å². The smallest absolute Gasteiger partial charge is 0.102 e. The molecule has 0 bridgehead atoms. The molecule has 0 unspecified atom stereocenters. The fourth-order valence-corrected chi connectivity index (χ4v) is 0.737. The third-order valence-electron chi connectivity index (χ3n) is 1.26. The standard InChI is InChI=1S/C8H18FNO/c1-2-7-11-8-3-5-10-6-4-9/h10H,2-8H2,1H3. The second-order valence-electron chi connectivity index (χ2n) is 2.40. The van der Waals surface area contributed by atoms with E-state index in [0.29, 0.717) is 6.54 Å². The maximum absolute atomic E-state index is 11.5. The fraction of sp³-hybridized carbons (Fsp3) is 1.00. The zero-order chi connectivity index (χ0) is 8.36. The third-order valence-corrected chi connectivity index (χ3v) is 1.26. The van der Waals surface area contributed by atoms with Crippen molar-refractivity contribution >= 4 is 0 Å². The summed E-state index contributed by atoms with van der Waals surface area (Å²) in [6, 6.07) is 0. The van der Waals surface area contributed by atoms with Gasteiger partial charge in [0.05, 0.1) is 0 Å². The van der Waals surface area contributed by atoms with Gasteiger partial charge < -0.3 is 10.1 Å². The van der Waals surface area contributed by atoms with Gasteiger partial charge in [0.15, 0.2) is 0 Å². The summed E-state index contributed by atoms with van der Waals surface area (Å²) in [5.41, 5.74) is 0. The lowest BCUT2D eigenvalue weighted by atomic mass is 10.4. The summed E-state index contributed by atoms with van der Waals surface area (Å²) in [4.78, 5) is 0. The molecule has 0 heterocycles. The molecule has 3 heteroatoms. The van der Waals surface area contributed by atoms with Crippen LogP contribution >= 0.6 is 0 Å². The van der Waals surface area contributed by atoms with Crippen molar-refractivity contribution < 1.29 is 9.13 Å². The van der Waals surface area contributed by atoms with Crippen molar-refractivity contribution in [1.29, 1.82) is 0 Å². The Morgan fingerprint density at radius 1 is 1.27 bits per heavy atom. The van der Waals surface area contributed by atoms with Crippen LogP contribution in [0.25, 0.3) is 0 Å². The van der Waals surface area contributed by atoms with Crippen LogP contribution in [-0.4, -0.2) is 33.0 Å². The Hall–Kier alpha value is -0.150. The van der Waals surface area contributed by atoms with Gasteiger partial charge in [-0.1, -0.05) is 6.92 Å². The van der Waals surface area contributed by atoms with E-state index in [2.05, 4.69) is 12.2 Å². The van der Waals surface area contributed by atoms with Crippen LogP contribution in [0.1, 0.15) is 19.8 Å². The maximum atomic E-state index is 11.5. The molecule has 0 amide bonds. The highest BCUT2D eigenvalue weighted by Gasteiger charge is 1.87. The lowest BCUT2D eigenvalue weighted by Gasteiger charge is -2.02. The molecule has 0 atom stereocenters. The van der Waals surface area contributed by atoms with Crippen molar-refractivity contribution in [2.24, 2.45) is 0 Å². The largest absolute Gasteiger partial charge is 0.381 e. The minimum absolute atomic E-state index is 0.282. The minimum atomic E-state index is -0.282. The molecule has 0 aromatic heterocycles. The summed E-state index contributed by atoms with van der Waals surface area (Å²) in [6.45, 7) is 4.74. The second-order valence-corrected chi connectivity index (χ2v) is 2.40. The summed E-state index contributed by atoms with van der Waals surface area (Å²) in [6.07, 6.45) is 2.04. The van der Waals surface area contributed by atoms with Gasteiger partial charge in [-0.2, -0.15) is 0 Å². The molecule has 0 spiro atoms. The number of alkyl halides is 1. The summed E-state index contributed by atoms with van der Waals surface area (Å²) >= 11 is 0. The van der Waals surface area contributed by atoms with Crippen molar-refractivity contribution in [3.05, 3.63) is 0 Å². The number of halogens is 1. The highest BCUT2D eigenvalue weighted by Crippen LogP contribution is 1.83. The first-order valence-corrected chi connectivity index (χ1v) is 4.26. The summed E-state index contributed by atoms with van der Waals surface area (Å²) < 4.78 is 16.8. The number of nitrogens with one attached hydrogen (secondary N) is 1. The van der Waals surface area contributed by atoms with Crippen LogP contribution in [0, 0.1) is 0 Å². The molecule has 0 aliphatic heterocycles. The van der Waals surface area contributed by atoms with Crippen molar-refractivity contribution in [3.63, 3.8) is 0 Å². The molecular formula is C8H18FNO. The number of hydrogen-bond acceptors (Lipinski definition) is 2. The van der Waals surface area contributed by atoms with Gasteiger partial charge in [-0.25, -0.2) is 4.39 Å². The Kier molecular flexibility index (Phi) is 9.72. The maximum Gasteiger partial charge on any atom is 0.102 e. The molecule has 0 saturated carbocycles. The molecule has 0 aromatic rings. The number of ether oxygens (including phenoxy) is 1. The number of rotatable bonds is 8. The van der Waals surface area contributed by atoms with E-state index < -0.39 is 0 Å². The predicted octanol–water partition coefficient (Wildman–Crippen LogP) is 1.36. The summed E-state index contributed by atoms with van der Waals surface area (Å²) in [7, 11) is 0.